The van der Waals surface area contributed by atoms with Crippen LogP contribution in [0.2, 0.25) is 0 Å². The van der Waals surface area contributed by atoms with Crippen molar-refractivity contribution < 1.29 is 9.53 Å². The lowest BCUT2D eigenvalue weighted by Crippen LogP contribution is -2.43. The highest BCUT2D eigenvalue weighted by atomic mass is 32.1. The molecule has 1 aromatic heterocycles. The van der Waals surface area contributed by atoms with Gasteiger partial charge in [0.25, 0.3) is 0 Å². The highest BCUT2D eigenvalue weighted by molar-refractivity contribution is 7.19. The fourth-order valence-corrected chi connectivity index (χ4v) is 4.04. The molecule has 0 atom stereocenters. The number of aromatic nitrogens is 1. The van der Waals surface area contributed by atoms with Crippen LogP contribution in [0.25, 0.3) is 21.7 Å². The van der Waals surface area contributed by atoms with E-state index in [1.807, 2.05) is 41.3 Å². The number of hydrogen-bond donors (Lipinski definition) is 1. The number of nitrogens with zero attached hydrogens (tertiary/aromatic N) is 2. The highest BCUT2D eigenvalue weighted by Gasteiger charge is 2.18. The lowest BCUT2D eigenvalue weighted by Gasteiger charge is -2.26. The normalized spacial score (nSPS) is 14.1. The van der Waals surface area contributed by atoms with Gasteiger partial charge in [-0.25, -0.2) is 4.98 Å². The maximum absolute atomic E-state index is 12.4. The fourth-order valence-electron chi connectivity index (χ4n) is 3.05. The van der Waals surface area contributed by atoms with Crippen LogP contribution in [-0.2, 0) is 9.53 Å². The van der Waals surface area contributed by atoms with Gasteiger partial charge in [0.15, 0.2) is 5.13 Å². The lowest BCUT2D eigenvalue weighted by molar-refractivity contribution is -0.133. The molecule has 2 aromatic carbocycles. The Hall–Kier alpha value is -2.70. The number of carbonyl (C=O) groups excluding carboxylic acids is 1. The van der Waals surface area contributed by atoms with Crippen LogP contribution in [-0.4, -0.2) is 48.6 Å². The van der Waals surface area contributed by atoms with Gasteiger partial charge in [-0.05, 0) is 5.56 Å². The first-order valence-corrected chi connectivity index (χ1v) is 9.84. The first-order valence-electron chi connectivity index (χ1n) is 9.02. The molecule has 1 saturated heterocycles. The number of thiazole rings is 1. The number of carbonyl (C=O) groups is 1. The van der Waals surface area contributed by atoms with Crippen molar-refractivity contribution in [1.82, 2.24) is 9.88 Å². The van der Waals surface area contributed by atoms with E-state index in [0.717, 1.165) is 26.8 Å². The molecule has 0 spiro atoms. The fraction of sp³-hybridized carbons (Fsp3) is 0.238. The van der Waals surface area contributed by atoms with Gasteiger partial charge in [0.1, 0.15) is 0 Å². The van der Waals surface area contributed by atoms with Crippen LogP contribution in [0, 0.1) is 0 Å². The van der Waals surface area contributed by atoms with E-state index in [9.17, 15) is 4.79 Å². The van der Waals surface area contributed by atoms with Gasteiger partial charge in [-0.3, -0.25) is 4.79 Å². The minimum atomic E-state index is 0.0797. The molecule has 1 fully saturated rings. The van der Waals surface area contributed by atoms with Gasteiger partial charge in [0, 0.05) is 18.7 Å². The molecule has 138 valence electrons. The quantitative estimate of drug-likeness (QED) is 0.734. The Morgan fingerprint density at radius 3 is 2.30 bits per heavy atom. The van der Waals surface area contributed by atoms with Crippen molar-refractivity contribution in [2.75, 3.05) is 38.2 Å². The highest BCUT2D eigenvalue weighted by Crippen LogP contribution is 2.38. The zero-order chi connectivity index (χ0) is 18.5. The van der Waals surface area contributed by atoms with E-state index >= 15 is 0 Å². The number of anilines is 1. The summed E-state index contributed by atoms with van der Waals surface area (Å²) in [5.41, 5.74) is 3.13. The molecule has 1 amide bonds. The Bertz CT molecular complexity index is 833. The van der Waals surface area contributed by atoms with Crippen LogP contribution in [0.5, 0.6) is 0 Å². The van der Waals surface area contributed by atoms with E-state index in [1.165, 1.54) is 0 Å². The topological polar surface area (TPSA) is 54.5 Å². The molecule has 0 saturated carbocycles. The second-order valence-corrected chi connectivity index (χ2v) is 7.27. The Kier molecular flexibility index (Phi) is 5.46. The molecule has 0 aliphatic carbocycles. The minimum absolute atomic E-state index is 0.0797. The second kappa shape index (κ2) is 8.33. The zero-order valence-electron chi connectivity index (χ0n) is 14.9. The molecule has 6 heteroatoms. The Labute approximate surface area is 162 Å². The van der Waals surface area contributed by atoms with Gasteiger partial charge in [0.05, 0.1) is 30.3 Å². The predicted octanol–water partition coefficient (Wildman–Crippen LogP) is 3.75. The second-order valence-electron chi connectivity index (χ2n) is 6.28. The summed E-state index contributed by atoms with van der Waals surface area (Å²) in [6, 6.07) is 20.4. The van der Waals surface area contributed by atoms with Crippen LogP contribution >= 0.6 is 11.3 Å². The molecule has 0 bridgehead atoms. The molecular formula is C21H21N3O2S. The number of ether oxygens (including phenoxy) is 1. The molecule has 3 aromatic rings. The molecule has 0 unspecified atom stereocenters. The summed E-state index contributed by atoms with van der Waals surface area (Å²) in [7, 11) is 0. The smallest absolute Gasteiger partial charge is 0.242 e. The third-order valence-corrected chi connectivity index (χ3v) is 5.53. The number of benzene rings is 2. The van der Waals surface area contributed by atoms with Crippen molar-refractivity contribution in [2.45, 2.75) is 0 Å². The van der Waals surface area contributed by atoms with Crippen LogP contribution in [0.1, 0.15) is 0 Å². The summed E-state index contributed by atoms with van der Waals surface area (Å²) < 4.78 is 5.31. The summed E-state index contributed by atoms with van der Waals surface area (Å²) >= 11 is 1.58. The SMILES string of the molecule is O=C(CNc1nc(-c2ccccc2)c(-c2ccccc2)s1)N1CCOCC1. The van der Waals surface area contributed by atoms with Crippen molar-refractivity contribution >= 4 is 22.4 Å². The summed E-state index contributed by atoms with van der Waals surface area (Å²) in [5.74, 6) is 0.0797. The van der Waals surface area contributed by atoms with Gasteiger partial charge in [-0.15, -0.1) is 0 Å². The third kappa shape index (κ3) is 4.18. The van der Waals surface area contributed by atoms with Gasteiger partial charge in [-0.2, -0.15) is 0 Å². The third-order valence-electron chi connectivity index (χ3n) is 4.46. The maximum Gasteiger partial charge on any atom is 0.242 e. The lowest BCUT2D eigenvalue weighted by atomic mass is 10.1. The molecule has 1 aliphatic heterocycles. The number of hydrogen-bond acceptors (Lipinski definition) is 5. The van der Waals surface area contributed by atoms with Crippen LogP contribution < -0.4 is 5.32 Å². The largest absolute Gasteiger partial charge is 0.378 e. The van der Waals surface area contributed by atoms with Crippen LogP contribution in [0.15, 0.2) is 60.7 Å². The summed E-state index contributed by atoms with van der Waals surface area (Å²) in [6.07, 6.45) is 0. The summed E-state index contributed by atoms with van der Waals surface area (Å²) in [4.78, 5) is 20.1. The van der Waals surface area contributed by atoms with E-state index in [-0.39, 0.29) is 12.5 Å². The molecule has 1 aliphatic rings. The van der Waals surface area contributed by atoms with Crippen molar-refractivity contribution in [3.8, 4) is 21.7 Å². The van der Waals surface area contributed by atoms with Gasteiger partial charge < -0.3 is 15.0 Å². The van der Waals surface area contributed by atoms with Crippen molar-refractivity contribution in [3.05, 3.63) is 60.7 Å². The first kappa shape index (κ1) is 17.7. The molecule has 27 heavy (non-hydrogen) atoms. The molecule has 5 nitrogen and oxygen atoms in total. The predicted molar refractivity (Wildman–Crippen MR) is 109 cm³/mol. The Morgan fingerprint density at radius 2 is 1.63 bits per heavy atom. The summed E-state index contributed by atoms with van der Waals surface area (Å²) in [5, 5.41) is 3.98. The van der Waals surface area contributed by atoms with E-state index in [0.29, 0.717) is 26.3 Å². The Balaban J connectivity index is 1.57. The Morgan fingerprint density at radius 1 is 1.00 bits per heavy atom. The molecule has 2 heterocycles. The standard InChI is InChI=1S/C21H21N3O2S/c25-18(24-11-13-26-14-12-24)15-22-21-23-19(16-7-3-1-4-8-16)20(27-21)17-9-5-2-6-10-17/h1-10H,11-15H2,(H,22,23). The number of morpholine rings is 1. The van der Waals surface area contributed by atoms with Crippen molar-refractivity contribution in [3.63, 3.8) is 0 Å². The number of nitrogens with one attached hydrogen (secondary N) is 1. The number of amides is 1. The van der Waals surface area contributed by atoms with Crippen molar-refractivity contribution in [2.24, 2.45) is 0 Å². The average molecular weight is 379 g/mol. The monoisotopic (exact) mass is 379 g/mol. The maximum atomic E-state index is 12.4. The average Bonchev–Trinajstić information content (AvgIpc) is 3.18. The van der Waals surface area contributed by atoms with Crippen LogP contribution in [0.4, 0.5) is 5.13 Å². The molecule has 0 radical (unpaired) electrons. The molecule has 4 rings (SSSR count). The first-order chi connectivity index (χ1) is 13.3. The zero-order valence-corrected chi connectivity index (χ0v) is 15.7. The van der Waals surface area contributed by atoms with E-state index < -0.39 is 0 Å². The van der Waals surface area contributed by atoms with Gasteiger partial charge in [-0.1, -0.05) is 72.0 Å². The molecular weight excluding hydrogens is 358 g/mol. The minimum Gasteiger partial charge on any atom is -0.378 e. The van der Waals surface area contributed by atoms with E-state index in [2.05, 4.69) is 29.6 Å². The van der Waals surface area contributed by atoms with E-state index in [4.69, 9.17) is 9.72 Å². The van der Waals surface area contributed by atoms with E-state index in [1.54, 1.807) is 11.3 Å². The molecule has 1 N–H and O–H groups in total. The number of rotatable bonds is 5. The summed E-state index contributed by atoms with van der Waals surface area (Å²) in [6.45, 7) is 2.78. The van der Waals surface area contributed by atoms with Crippen molar-refractivity contribution in [1.29, 1.82) is 0 Å². The van der Waals surface area contributed by atoms with Gasteiger partial charge >= 0.3 is 0 Å². The van der Waals surface area contributed by atoms with Gasteiger partial charge in [0.2, 0.25) is 5.91 Å². The van der Waals surface area contributed by atoms with Crippen LogP contribution in [0.3, 0.4) is 0 Å².